The molecule has 110 valence electrons. The highest BCUT2D eigenvalue weighted by Crippen LogP contribution is 2.43. The molecule has 0 radical (unpaired) electrons. The van der Waals surface area contributed by atoms with Gasteiger partial charge in [-0.1, -0.05) is 60.7 Å². The first kappa shape index (κ1) is 15.4. The van der Waals surface area contributed by atoms with E-state index in [0.29, 0.717) is 11.1 Å². The summed E-state index contributed by atoms with van der Waals surface area (Å²) in [6, 6.07) is 17.8. The Labute approximate surface area is 144 Å². The van der Waals surface area contributed by atoms with Gasteiger partial charge >= 0.3 is 0 Å². The van der Waals surface area contributed by atoms with Crippen LogP contribution in [0.3, 0.4) is 0 Å². The Kier molecular flexibility index (Phi) is 4.41. The Bertz CT molecular complexity index is 716. The minimum absolute atomic E-state index is 0.0426. The van der Waals surface area contributed by atoms with Gasteiger partial charge in [-0.15, -0.1) is 0 Å². The van der Waals surface area contributed by atoms with Gasteiger partial charge in [0.1, 0.15) is 11.6 Å². The summed E-state index contributed by atoms with van der Waals surface area (Å²) in [4.78, 5) is 0. The first-order chi connectivity index (χ1) is 10.6. The number of rotatable bonds is 2. The van der Waals surface area contributed by atoms with Gasteiger partial charge in [0, 0.05) is 5.56 Å². The zero-order valence-corrected chi connectivity index (χ0v) is 14.5. The second kappa shape index (κ2) is 6.31. The normalized spacial score (nSPS) is 10.7. The highest BCUT2D eigenvalue weighted by molar-refractivity contribution is 9.11. The summed E-state index contributed by atoms with van der Waals surface area (Å²) in [7, 11) is 0. The van der Waals surface area contributed by atoms with Crippen LogP contribution >= 0.6 is 31.9 Å². The van der Waals surface area contributed by atoms with Crippen molar-refractivity contribution in [3.8, 4) is 22.3 Å². The van der Waals surface area contributed by atoms with Gasteiger partial charge in [0.05, 0.1) is 14.5 Å². The molecule has 0 unspecified atom stereocenters. The first-order valence-electron chi connectivity index (χ1n) is 6.58. The van der Waals surface area contributed by atoms with Crippen molar-refractivity contribution in [2.45, 2.75) is 0 Å². The van der Waals surface area contributed by atoms with Crippen LogP contribution in [0.1, 0.15) is 0 Å². The Morgan fingerprint density at radius 1 is 0.545 bits per heavy atom. The zero-order chi connectivity index (χ0) is 15.7. The molecule has 0 aliphatic carbocycles. The Morgan fingerprint density at radius 3 is 1.32 bits per heavy atom. The lowest BCUT2D eigenvalue weighted by Crippen LogP contribution is -1.97. The van der Waals surface area contributed by atoms with Crippen LogP contribution in [-0.2, 0) is 0 Å². The van der Waals surface area contributed by atoms with E-state index in [4.69, 9.17) is 0 Å². The van der Waals surface area contributed by atoms with Gasteiger partial charge in [-0.05, 0) is 43.0 Å². The quantitative estimate of drug-likeness (QED) is 0.396. The number of halogens is 4. The molecule has 0 heterocycles. The van der Waals surface area contributed by atoms with Gasteiger partial charge in [0.15, 0.2) is 0 Å². The van der Waals surface area contributed by atoms with Crippen LogP contribution in [0.2, 0.25) is 0 Å². The van der Waals surface area contributed by atoms with Crippen molar-refractivity contribution in [3.63, 3.8) is 0 Å². The minimum Gasteiger partial charge on any atom is -0.205 e. The highest BCUT2D eigenvalue weighted by Gasteiger charge is 2.23. The molecule has 4 heteroatoms. The fourth-order valence-corrected chi connectivity index (χ4v) is 3.87. The van der Waals surface area contributed by atoms with Gasteiger partial charge in [0.2, 0.25) is 0 Å². The summed E-state index contributed by atoms with van der Waals surface area (Å²) in [5.74, 6) is -1.21. The third kappa shape index (κ3) is 2.61. The highest BCUT2D eigenvalue weighted by atomic mass is 79.9. The fraction of sp³-hybridized carbons (Fsp3) is 0. The molecule has 0 nitrogen and oxygen atoms in total. The predicted octanol–water partition coefficient (Wildman–Crippen LogP) is 6.82. The lowest BCUT2D eigenvalue weighted by atomic mass is 9.99. The molecule has 0 aromatic heterocycles. The average Bonchev–Trinajstić information content (AvgIpc) is 2.55. The summed E-state index contributed by atoms with van der Waals surface area (Å²) < 4.78 is 30.0. The van der Waals surface area contributed by atoms with E-state index in [1.165, 1.54) is 0 Å². The van der Waals surface area contributed by atoms with Crippen LogP contribution < -0.4 is 0 Å². The fourth-order valence-electron chi connectivity index (χ4n) is 2.35. The molecule has 3 rings (SSSR count). The van der Waals surface area contributed by atoms with Crippen LogP contribution in [0, 0.1) is 11.6 Å². The number of hydrogen-bond donors (Lipinski definition) is 0. The second-order valence-corrected chi connectivity index (χ2v) is 6.32. The summed E-state index contributed by atoms with van der Waals surface area (Å²) in [5, 5.41) is 0. The maximum Gasteiger partial charge on any atom is 0.148 e. The molecular weight excluding hydrogens is 414 g/mol. The van der Waals surface area contributed by atoms with E-state index in [2.05, 4.69) is 31.9 Å². The van der Waals surface area contributed by atoms with Crippen LogP contribution in [0.4, 0.5) is 8.78 Å². The SMILES string of the molecule is Fc1c(Br)c(-c2ccccc2)c(Br)c(F)c1-c1ccccc1. The van der Waals surface area contributed by atoms with Gasteiger partial charge in [0.25, 0.3) is 0 Å². The summed E-state index contributed by atoms with van der Waals surface area (Å²) in [6.45, 7) is 0. The molecule has 0 fully saturated rings. The van der Waals surface area contributed by atoms with E-state index >= 15 is 0 Å². The Morgan fingerprint density at radius 2 is 0.909 bits per heavy atom. The van der Waals surface area contributed by atoms with Crippen LogP contribution in [-0.4, -0.2) is 0 Å². The van der Waals surface area contributed by atoms with Crippen molar-refractivity contribution in [2.24, 2.45) is 0 Å². The molecule has 22 heavy (non-hydrogen) atoms. The molecule has 0 aliphatic heterocycles. The molecule has 0 saturated heterocycles. The largest absolute Gasteiger partial charge is 0.205 e. The lowest BCUT2D eigenvalue weighted by molar-refractivity contribution is 0.582. The second-order valence-electron chi connectivity index (χ2n) is 4.74. The van der Waals surface area contributed by atoms with Crippen molar-refractivity contribution >= 4 is 31.9 Å². The predicted molar refractivity (Wildman–Crippen MR) is 92.6 cm³/mol. The van der Waals surface area contributed by atoms with E-state index in [0.717, 1.165) is 5.56 Å². The van der Waals surface area contributed by atoms with E-state index in [9.17, 15) is 8.78 Å². The molecule has 0 amide bonds. The van der Waals surface area contributed by atoms with Crippen molar-refractivity contribution in [1.29, 1.82) is 0 Å². The van der Waals surface area contributed by atoms with Gasteiger partial charge in [-0.3, -0.25) is 0 Å². The molecule has 0 saturated carbocycles. The lowest BCUT2D eigenvalue weighted by Gasteiger charge is -2.14. The van der Waals surface area contributed by atoms with Crippen molar-refractivity contribution in [3.05, 3.63) is 81.2 Å². The topological polar surface area (TPSA) is 0 Å². The van der Waals surface area contributed by atoms with Gasteiger partial charge in [-0.2, -0.15) is 0 Å². The standard InChI is InChI=1S/C18H10Br2F2/c19-15-13(11-7-3-1-4-8-11)16(20)18(22)14(17(15)21)12-9-5-2-6-10-12/h1-10H. The van der Waals surface area contributed by atoms with Crippen molar-refractivity contribution < 1.29 is 8.78 Å². The summed E-state index contributed by atoms with van der Waals surface area (Å²) in [5.41, 5.74) is 1.66. The first-order valence-corrected chi connectivity index (χ1v) is 8.16. The van der Waals surface area contributed by atoms with E-state index < -0.39 is 11.6 Å². The summed E-state index contributed by atoms with van der Waals surface area (Å²) >= 11 is 6.56. The Balaban J connectivity index is 2.31. The van der Waals surface area contributed by atoms with Crippen molar-refractivity contribution in [2.75, 3.05) is 0 Å². The molecule has 0 aliphatic rings. The molecule has 0 atom stereocenters. The zero-order valence-electron chi connectivity index (χ0n) is 11.3. The average molecular weight is 424 g/mol. The molecule has 0 N–H and O–H groups in total. The van der Waals surface area contributed by atoms with Gasteiger partial charge in [-0.25, -0.2) is 8.78 Å². The summed E-state index contributed by atoms with van der Waals surface area (Å²) in [6.07, 6.45) is 0. The molecule has 3 aromatic carbocycles. The maximum absolute atomic E-state index is 14.8. The van der Waals surface area contributed by atoms with E-state index in [-0.39, 0.29) is 14.5 Å². The third-order valence-electron chi connectivity index (χ3n) is 3.39. The van der Waals surface area contributed by atoms with E-state index in [1.54, 1.807) is 24.3 Å². The van der Waals surface area contributed by atoms with Gasteiger partial charge < -0.3 is 0 Å². The van der Waals surface area contributed by atoms with Crippen LogP contribution in [0.25, 0.3) is 22.3 Å². The number of benzene rings is 3. The molecule has 3 aromatic rings. The monoisotopic (exact) mass is 422 g/mol. The molecule has 0 spiro atoms. The van der Waals surface area contributed by atoms with Crippen LogP contribution in [0.5, 0.6) is 0 Å². The molecular formula is C18H10Br2F2. The van der Waals surface area contributed by atoms with Crippen molar-refractivity contribution in [1.82, 2.24) is 0 Å². The van der Waals surface area contributed by atoms with Crippen LogP contribution in [0.15, 0.2) is 69.6 Å². The third-order valence-corrected chi connectivity index (χ3v) is 4.88. The van der Waals surface area contributed by atoms with E-state index in [1.807, 2.05) is 36.4 Å². The Hall–Kier alpha value is -1.52. The molecule has 0 bridgehead atoms. The minimum atomic E-state index is -0.606. The number of hydrogen-bond acceptors (Lipinski definition) is 0. The smallest absolute Gasteiger partial charge is 0.148 e. The maximum atomic E-state index is 14.8.